The Morgan fingerprint density at radius 3 is 2.47 bits per heavy atom. The molecule has 1 amide bonds. The van der Waals surface area contributed by atoms with Gasteiger partial charge in [-0.1, -0.05) is 38.0 Å². The molecule has 1 aliphatic rings. The minimum absolute atomic E-state index is 0.211. The van der Waals surface area contributed by atoms with Gasteiger partial charge >= 0.3 is 0 Å². The number of amides is 1. The predicted octanol–water partition coefficient (Wildman–Crippen LogP) is 3.67. The largest absolute Gasteiger partial charge is 0.315 e. The maximum absolute atomic E-state index is 12.3. The third-order valence-electron chi connectivity index (χ3n) is 3.34. The fraction of sp³-hybridized carbons (Fsp3) is 0.533. The van der Waals surface area contributed by atoms with Gasteiger partial charge in [0.1, 0.15) is 0 Å². The van der Waals surface area contributed by atoms with Crippen LogP contribution in [0.15, 0.2) is 36.6 Å². The van der Waals surface area contributed by atoms with Gasteiger partial charge in [0.15, 0.2) is 0 Å². The third-order valence-corrected chi connectivity index (χ3v) is 3.34. The first-order valence-corrected chi connectivity index (χ1v) is 6.43. The highest BCUT2D eigenvalue weighted by Gasteiger charge is 2.24. The Balaban J connectivity index is 2.69. The summed E-state index contributed by atoms with van der Waals surface area (Å²) in [5.74, 6) is 0.447. The second-order valence-corrected chi connectivity index (χ2v) is 4.55. The zero-order valence-corrected chi connectivity index (χ0v) is 11.0. The van der Waals surface area contributed by atoms with E-state index in [4.69, 9.17) is 0 Å². The lowest BCUT2D eigenvalue weighted by Crippen LogP contribution is -2.32. The number of carbonyl (C=O) groups excluding carboxylic acids is 1. The molecule has 0 aliphatic heterocycles. The summed E-state index contributed by atoms with van der Waals surface area (Å²) in [5, 5.41) is 0. The summed E-state index contributed by atoms with van der Waals surface area (Å²) in [5.41, 5.74) is 0.874. The molecule has 94 valence electrons. The highest BCUT2D eigenvalue weighted by molar-refractivity contribution is 5.80. The van der Waals surface area contributed by atoms with Crippen molar-refractivity contribution in [2.45, 2.75) is 39.0 Å². The molecule has 2 nitrogen and oxygen atoms in total. The third kappa shape index (κ3) is 3.88. The smallest absolute Gasteiger partial charge is 0.229 e. The van der Waals surface area contributed by atoms with Gasteiger partial charge in [0, 0.05) is 18.7 Å². The van der Waals surface area contributed by atoms with Gasteiger partial charge in [0.25, 0.3) is 0 Å². The monoisotopic (exact) mass is 233 g/mol. The number of hydrogen-bond donors (Lipinski definition) is 0. The summed E-state index contributed by atoms with van der Waals surface area (Å²) >= 11 is 0. The maximum Gasteiger partial charge on any atom is 0.229 e. The van der Waals surface area contributed by atoms with E-state index >= 15 is 0 Å². The Morgan fingerprint density at radius 2 is 1.94 bits per heavy atom. The topological polar surface area (TPSA) is 20.3 Å². The van der Waals surface area contributed by atoms with Gasteiger partial charge in [-0.25, -0.2) is 0 Å². The van der Waals surface area contributed by atoms with Crippen LogP contribution in [0.5, 0.6) is 0 Å². The maximum atomic E-state index is 12.3. The van der Waals surface area contributed by atoms with Crippen LogP contribution < -0.4 is 0 Å². The molecule has 0 aromatic carbocycles. The van der Waals surface area contributed by atoms with Crippen LogP contribution in [0.2, 0.25) is 0 Å². The van der Waals surface area contributed by atoms with Crippen LogP contribution in [0, 0.1) is 5.92 Å². The van der Waals surface area contributed by atoms with Gasteiger partial charge in [-0.3, -0.25) is 4.79 Å². The molecule has 17 heavy (non-hydrogen) atoms. The highest BCUT2D eigenvalue weighted by atomic mass is 16.2. The molecule has 0 spiro atoms. The van der Waals surface area contributed by atoms with Crippen molar-refractivity contribution in [3.05, 3.63) is 36.6 Å². The lowest BCUT2D eigenvalue weighted by atomic mass is 9.88. The summed E-state index contributed by atoms with van der Waals surface area (Å²) in [6.07, 6.45) is 13.3. The van der Waals surface area contributed by atoms with Gasteiger partial charge in [-0.05, 0) is 31.9 Å². The minimum Gasteiger partial charge on any atom is -0.315 e. The van der Waals surface area contributed by atoms with Crippen molar-refractivity contribution < 1.29 is 4.79 Å². The summed E-state index contributed by atoms with van der Waals surface area (Å²) in [6.45, 7) is 5.72. The number of rotatable bonds is 4. The van der Waals surface area contributed by atoms with Crippen LogP contribution in [0.3, 0.4) is 0 Å². The van der Waals surface area contributed by atoms with Crippen molar-refractivity contribution >= 4 is 5.91 Å². The van der Waals surface area contributed by atoms with E-state index in [0.717, 1.165) is 18.5 Å². The van der Waals surface area contributed by atoms with Gasteiger partial charge < -0.3 is 4.90 Å². The van der Waals surface area contributed by atoms with E-state index in [2.05, 4.69) is 6.58 Å². The van der Waals surface area contributed by atoms with Gasteiger partial charge in [-0.15, -0.1) is 0 Å². The standard InChI is InChI=1S/C15H23NO/c1-4-6-12-14(5-2)16(3)15(17)13-10-8-7-9-11-13/h4-6,12-13H,2,7-11H2,1,3H3/b6-4+,14-12+. The van der Waals surface area contributed by atoms with E-state index in [1.54, 1.807) is 11.0 Å². The quantitative estimate of drug-likeness (QED) is 0.678. The zero-order chi connectivity index (χ0) is 12.7. The molecule has 1 aliphatic carbocycles. The Kier molecular flexibility index (Phi) is 5.75. The highest BCUT2D eigenvalue weighted by Crippen LogP contribution is 2.26. The number of nitrogens with zero attached hydrogens (tertiary/aromatic N) is 1. The van der Waals surface area contributed by atoms with Crippen molar-refractivity contribution in [2.75, 3.05) is 7.05 Å². The van der Waals surface area contributed by atoms with E-state index < -0.39 is 0 Å². The minimum atomic E-state index is 0.211. The zero-order valence-electron chi connectivity index (χ0n) is 11.0. The molecule has 0 heterocycles. The first-order chi connectivity index (χ1) is 8.20. The lowest BCUT2D eigenvalue weighted by molar-refractivity contribution is -0.133. The predicted molar refractivity (Wildman–Crippen MR) is 72.4 cm³/mol. The fourth-order valence-corrected chi connectivity index (χ4v) is 2.26. The molecule has 1 rings (SSSR count). The van der Waals surface area contributed by atoms with E-state index in [0.29, 0.717) is 0 Å². The van der Waals surface area contributed by atoms with Crippen LogP contribution in [0.4, 0.5) is 0 Å². The second-order valence-electron chi connectivity index (χ2n) is 4.55. The van der Waals surface area contributed by atoms with Crippen LogP contribution >= 0.6 is 0 Å². The summed E-state index contributed by atoms with van der Waals surface area (Å²) in [6, 6.07) is 0. The van der Waals surface area contributed by atoms with Crippen molar-refractivity contribution in [3.63, 3.8) is 0 Å². The Labute approximate surface area is 105 Å². The first-order valence-electron chi connectivity index (χ1n) is 6.43. The Hall–Kier alpha value is -1.31. The van der Waals surface area contributed by atoms with Crippen LogP contribution in [-0.2, 0) is 4.79 Å². The molecule has 0 N–H and O–H groups in total. The molecule has 0 aromatic rings. The number of carbonyl (C=O) groups is 1. The molecule has 0 radical (unpaired) electrons. The second kappa shape index (κ2) is 7.10. The van der Waals surface area contributed by atoms with E-state index in [1.165, 1.54) is 19.3 Å². The molecule has 0 aromatic heterocycles. The fourth-order valence-electron chi connectivity index (χ4n) is 2.26. The van der Waals surface area contributed by atoms with Crippen LogP contribution in [-0.4, -0.2) is 17.9 Å². The van der Waals surface area contributed by atoms with Crippen LogP contribution in [0.1, 0.15) is 39.0 Å². The van der Waals surface area contributed by atoms with E-state index in [9.17, 15) is 4.79 Å². The summed E-state index contributed by atoms with van der Waals surface area (Å²) in [4.78, 5) is 14.0. The average Bonchev–Trinajstić information content (AvgIpc) is 2.39. The number of likely N-dealkylation sites (N-methyl/N-ethyl adjacent to an activating group) is 1. The molecule has 0 saturated heterocycles. The molecule has 2 heteroatoms. The molecule has 1 saturated carbocycles. The SMILES string of the molecule is C=C/C(=C\C=C\C)N(C)C(=O)C1CCCCC1. The molecular formula is C15H23NO. The summed E-state index contributed by atoms with van der Waals surface area (Å²) in [7, 11) is 1.84. The van der Waals surface area contributed by atoms with E-state index in [1.807, 2.05) is 32.2 Å². The van der Waals surface area contributed by atoms with Crippen LogP contribution in [0.25, 0.3) is 0 Å². The van der Waals surface area contributed by atoms with Crippen molar-refractivity contribution in [2.24, 2.45) is 5.92 Å². The molecule has 1 fully saturated rings. The summed E-state index contributed by atoms with van der Waals surface area (Å²) < 4.78 is 0. The Morgan fingerprint density at radius 1 is 1.29 bits per heavy atom. The molecular weight excluding hydrogens is 210 g/mol. The normalized spacial score (nSPS) is 18.4. The molecule has 0 unspecified atom stereocenters. The first kappa shape index (κ1) is 13.8. The number of allylic oxidation sites excluding steroid dienone is 4. The van der Waals surface area contributed by atoms with E-state index in [-0.39, 0.29) is 11.8 Å². The van der Waals surface area contributed by atoms with Gasteiger partial charge in [-0.2, -0.15) is 0 Å². The van der Waals surface area contributed by atoms with Crippen molar-refractivity contribution in [3.8, 4) is 0 Å². The van der Waals surface area contributed by atoms with Crippen molar-refractivity contribution in [1.82, 2.24) is 4.90 Å². The lowest BCUT2D eigenvalue weighted by Gasteiger charge is -2.26. The molecule has 0 atom stereocenters. The van der Waals surface area contributed by atoms with Crippen molar-refractivity contribution in [1.29, 1.82) is 0 Å². The van der Waals surface area contributed by atoms with Gasteiger partial charge in [0.2, 0.25) is 5.91 Å². The molecule has 0 bridgehead atoms. The van der Waals surface area contributed by atoms with Gasteiger partial charge in [0.05, 0.1) is 0 Å². The number of hydrogen-bond acceptors (Lipinski definition) is 1. The average molecular weight is 233 g/mol. The Bertz CT molecular complexity index is 322.